The fraction of sp³-hybridized carbons (Fsp3) is 0.800. The summed E-state index contributed by atoms with van der Waals surface area (Å²) < 4.78 is 5.98. The van der Waals surface area contributed by atoms with Crippen LogP contribution < -0.4 is 0 Å². The van der Waals surface area contributed by atoms with Gasteiger partial charge in [-0.05, 0) is 51.5 Å². The van der Waals surface area contributed by atoms with Crippen molar-refractivity contribution in [2.75, 3.05) is 39.3 Å². The molecule has 1 atom stereocenters. The molecule has 3 aliphatic rings. The number of hydrogen-bond donors (Lipinski definition) is 0. The molecule has 130 valence electrons. The fourth-order valence-electron chi connectivity index (χ4n) is 4.67. The molecule has 3 nitrogen and oxygen atoms in total. The van der Waals surface area contributed by atoms with Crippen LogP contribution in [-0.2, 0) is 4.74 Å². The second-order valence-corrected chi connectivity index (χ2v) is 8.13. The number of hydrogen-bond acceptors (Lipinski definition) is 3. The van der Waals surface area contributed by atoms with Crippen molar-refractivity contribution in [3.63, 3.8) is 0 Å². The van der Waals surface area contributed by atoms with Crippen molar-refractivity contribution < 1.29 is 4.74 Å². The van der Waals surface area contributed by atoms with Crippen molar-refractivity contribution in [1.29, 1.82) is 0 Å². The fourth-order valence-corrected chi connectivity index (χ4v) is 4.67. The Bertz CT molecular complexity index is 460. The monoisotopic (exact) mass is 318 g/mol. The molecule has 23 heavy (non-hydrogen) atoms. The smallest absolute Gasteiger partial charge is 0.0644 e. The van der Waals surface area contributed by atoms with E-state index in [2.05, 4.69) is 48.8 Å². The van der Waals surface area contributed by atoms with Crippen molar-refractivity contribution in [3.8, 4) is 0 Å². The first-order valence-corrected chi connectivity index (χ1v) is 9.50. The van der Waals surface area contributed by atoms with Crippen LogP contribution in [0.1, 0.15) is 52.9 Å². The molecule has 3 heteroatoms. The summed E-state index contributed by atoms with van der Waals surface area (Å²) in [6, 6.07) is 0. The van der Waals surface area contributed by atoms with Crippen LogP contribution in [0.15, 0.2) is 23.8 Å². The molecular weight excluding hydrogens is 284 g/mol. The van der Waals surface area contributed by atoms with Crippen molar-refractivity contribution in [1.82, 2.24) is 9.80 Å². The molecule has 0 aromatic heterocycles. The molecule has 3 rings (SSSR count). The standard InChI is InChI=1S/C20H34N2O/c1-4-20(10-15-23-19(2,3)17-20)22-13-11-21(12-14-22)16-18-8-6-5-7-9-18/h6,8-9H,4-5,7,10-17H2,1-3H3. The van der Waals surface area contributed by atoms with Crippen LogP contribution in [0.2, 0.25) is 0 Å². The van der Waals surface area contributed by atoms with Crippen molar-refractivity contribution in [2.45, 2.75) is 64.0 Å². The maximum atomic E-state index is 5.98. The molecule has 0 N–H and O–H groups in total. The van der Waals surface area contributed by atoms with E-state index in [1.165, 1.54) is 63.9 Å². The lowest BCUT2D eigenvalue weighted by molar-refractivity contribution is -0.128. The first-order chi connectivity index (χ1) is 11.0. The molecule has 0 aromatic carbocycles. The molecule has 2 aliphatic heterocycles. The molecule has 1 aliphatic carbocycles. The molecule has 0 spiro atoms. The summed E-state index contributed by atoms with van der Waals surface area (Å²) >= 11 is 0. The summed E-state index contributed by atoms with van der Waals surface area (Å²) in [7, 11) is 0. The molecule has 2 heterocycles. The highest BCUT2D eigenvalue weighted by atomic mass is 16.5. The van der Waals surface area contributed by atoms with Gasteiger partial charge < -0.3 is 4.74 Å². The van der Waals surface area contributed by atoms with Crippen molar-refractivity contribution in [3.05, 3.63) is 23.8 Å². The first-order valence-electron chi connectivity index (χ1n) is 9.50. The Labute approximate surface area is 142 Å². The first kappa shape index (κ1) is 17.2. The van der Waals surface area contributed by atoms with Gasteiger partial charge in [0.1, 0.15) is 0 Å². The van der Waals surface area contributed by atoms with Crippen LogP contribution in [-0.4, -0.2) is 60.3 Å². The number of allylic oxidation sites excluding steroid dienone is 2. The molecule has 0 radical (unpaired) electrons. The lowest BCUT2D eigenvalue weighted by atomic mass is 9.77. The van der Waals surface area contributed by atoms with Gasteiger partial charge in [-0.3, -0.25) is 9.80 Å². The zero-order chi connectivity index (χ0) is 16.3. The number of rotatable bonds is 4. The SMILES string of the molecule is CCC1(N2CCN(CC3=CCCC=C3)CC2)CCOC(C)(C)C1. The van der Waals surface area contributed by atoms with E-state index < -0.39 is 0 Å². The summed E-state index contributed by atoms with van der Waals surface area (Å²) in [6.07, 6.45) is 13.1. The second kappa shape index (κ2) is 7.08. The second-order valence-electron chi connectivity index (χ2n) is 8.13. The number of ether oxygens (including phenoxy) is 1. The highest BCUT2D eigenvalue weighted by Crippen LogP contribution is 2.39. The van der Waals surface area contributed by atoms with E-state index in [0.717, 1.165) is 13.2 Å². The Morgan fingerprint density at radius 1 is 1.13 bits per heavy atom. The normalized spacial score (nSPS) is 32.7. The summed E-state index contributed by atoms with van der Waals surface area (Å²) in [6.45, 7) is 13.8. The molecule has 0 aromatic rings. The quantitative estimate of drug-likeness (QED) is 0.787. The Kier molecular flexibility index (Phi) is 5.29. The van der Waals surface area contributed by atoms with E-state index in [0.29, 0.717) is 5.54 Å². The van der Waals surface area contributed by atoms with Crippen LogP contribution in [0.5, 0.6) is 0 Å². The van der Waals surface area contributed by atoms with Crippen molar-refractivity contribution >= 4 is 0 Å². The number of piperazine rings is 1. The lowest BCUT2D eigenvalue weighted by Gasteiger charge is -2.53. The Balaban J connectivity index is 1.57. The van der Waals surface area contributed by atoms with E-state index in [9.17, 15) is 0 Å². The molecular formula is C20H34N2O. The van der Waals surface area contributed by atoms with Gasteiger partial charge in [-0.15, -0.1) is 0 Å². The Morgan fingerprint density at radius 2 is 1.91 bits per heavy atom. The maximum absolute atomic E-state index is 5.98. The minimum absolute atomic E-state index is 0.0309. The maximum Gasteiger partial charge on any atom is 0.0644 e. The Morgan fingerprint density at radius 3 is 2.52 bits per heavy atom. The third-order valence-electron chi connectivity index (χ3n) is 5.99. The van der Waals surface area contributed by atoms with Gasteiger partial charge >= 0.3 is 0 Å². The lowest BCUT2D eigenvalue weighted by Crippen LogP contribution is -2.61. The average Bonchev–Trinajstić information content (AvgIpc) is 2.55. The molecule has 1 unspecified atom stereocenters. The highest BCUT2D eigenvalue weighted by Gasteiger charge is 2.44. The Hall–Kier alpha value is -0.640. The van der Waals surface area contributed by atoms with Crippen LogP contribution in [0.4, 0.5) is 0 Å². The van der Waals surface area contributed by atoms with Gasteiger partial charge in [-0.25, -0.2) is 0 Å². The van der Waals surface area contributed by atoms with Crippen LogP contribution >= 0.6 is 0 Å². The minimum Gasteiger partial charge on any atom is -0.375 e. The van der Waals surface area contributed by atoms with Gasteiger partial charge in [0, 0.05) is 44.9 Å². The van der Waals surface area contributed by atoms with Crippen molar-refractivity contribution in [2.24, 2.45) is 0 Å². The summed E-state index contributed by atoms with van der Waals surface area (Å²) in [5, 5.41) is 0. The molecule has 0 amide bonds. The number of nitrogens with zero attached hydrogens (tertiary/aromatic N) is 2. The topological polar surface area (TPSA) is 15.7 Å². The van der Waals surface area contributed by atoms with Crippen LogP contribution in [0.25, 0.3) is 0 Å². The summed E-state index contributed by atoms with van der Waals surface area (Å²) in [5.41, 5.74) is 1.91. The van der Waals surface area contributed by atoms with Crippen LogP contribution in [0, 0.1) is 0 Å². The van der Waals surface area contributed by atoms with E-state index in [1.54, 1.807) is 0 Å². The van der Waals surface area contributed by atoms with Gasteiger partial charge in [-0.1, -0.05) is 25.2 Å². The van der Waals surface area contributed by atoms with Gasteiger partial charge in [0.2, 0.25) is 0 Å². The zero-order valence-corrected chi connectivity index (χ0v) is 15.3. The molecule has 2 saturated heterocycles. The van der Waals surface area contributed by atoms with Gasteiger partial charge in [0.05, 0.1) is 5.60 Å². The predicted octanol–water partition coefficient (Wildman–Crippen LogP) is 3.62. The average molecular weight is 319 g/mol. The van der Waals surface area contributed by atoms with Gasteiger partial charge in [-0.2, -0.15) is 0 Å². The zero-order valence-electron chi connectivity index (χ0n) is 15.3. The van der Waals surface area contributed by atoms with Gasteiger partial charge in [0.15, 0.2) is 0 Å². The third-order valence-corrected chi connectivity index (χ3v) is 5.99. The van der Waals surface area contributed by atoms with E-state index in [1.807, 2.05) is 0 Å². The van der Waals surface area contributed by atoms with E-state index in [4.69, 9.17) is 4.74 Å². The van der Waals surface area contributed by atoms with E-state index >= 15 is 0 Å². The predicted molar refractivity (Wildman–Crippen MR) is 96.8 cm³/mol. The van der Waals surface area contributed by atoms with E-state index in [-0.39, 0.29) is 5.60 Å². The summed E-state index contributed by atoms with van der Waals surface area (Å²) in [5.74, 6) is 0. The highest BCUT2D eigenvalue weighted by molar-refractivity contribution is 5.23. The van der Waals surface area contributed by atoms with Crippen LogP contribution in [0.3, 0.4) is 0 Å². The van der Waals surface area contributed by atoms with Gasteiger partial charge in [0.25, 0.3) is 0 Å². The molecule has 0 saturated carbocycles. The third kappa shape index (κ3) is 4.07. The molecule has 2 fully saturated rings. The minimum atomic E-state index is 0.0309. The summed E-state index contributed by atoms with van der Waals surface area (Å²) in [4.78, 5) is 5.41. The molecule has 0 bridgehead atoms. The largest absolute Gasteiger partial charge is 0.375 e.